The van der Waals surface area contributed by atoms with E-state index in [9.17, 15) is 18.8 Å². The number of rotatable bonds is 2. The van der Waals surface area contributed by atoms with Crippen LogP contribution in [0.15, 0.2) is 24.3 Å². The van der Waals surface area contributed by atoms with E-state index in [0.29, 0.717) is 36.5 Å². The van der Waals surface area contributed by atoms with Gasteiger partial charge < -0.3 is 20.5 Å². The number of amides is 3. The molecule has 1 aromatic heterocycles. The molecule has 2 aromatic rings. The molecule has 1 aromatic carbocycles. The van der Waals surface area contributed by atoms with E-state index in [-0.39, 0.29) is 18.2 Å². The minimum atomic E-state index is -0.720. The van der Waals surface area contributed by atoms with Crippen molar-refractivity contribution in [3.8, 4) is 0 Å². The Bertz CT molecular complexity index is 982. The molecule has 3 amide bonds. The second-order valence-electron chi connectivity index (χ2n) is 6.97. The van der Waals surface area contributed by atoms with Crippen LogP contribution in [0.1, 0.15) is 39.6 Å². The van der Waals surface area contributed by atoms with Crippen molar-refractivity contribution in [1.82, 2.24) is 9.47 Å². The van der Waals surface area contributed by atoms with Gasteiger partial charge in [0.05, 0.1) is 12.5 Å². The molecule has 8 heteroatoms. The van der Waals surface area contributed by atoms with E-state index in [1.165, 1.54) is 18.2 Å². The van der Waals surface area contributed by atoms with Crippen molar-refractivity contribution in [2.75, 3.05) is 11.9 Å². The molecule has 140 valence electrons. The molecular weight excluding hydrogens is 351 g/mol. The van der Waals surface area contributed by atoms with Crippen molar-refractivity contribution < 1.29 is 18.8 Å². The van der Waals surface area contributed by atoms with E-state index in [1.54, 1.807) is 22.6 Å². The summed E-state index contributed by atoms with van der Waals surface area (Å²) >= 11 is 0. The minimum absolute atomic E-state index is 0.0156. The standard InChI is InChI=1S/C19H19FN4O3/c1-23-15(18(21)26)6-10-4-5-24(9-16(10)23)19(27)13-8-17(25)22-14-3-2-11(20)7-12(13)14/h2-3,6-7,13H,4-5,8-9H2,1H3,(H2,21,26)(H,22,25)/t13-/m0/s1. The van der Waals surface area contributed by atoms with Gasteiger partial charge in [-0.2, -0.15) is 0 Å². The van der Waals surface area contributed by atoms with Crippen molar-refractivity contribution in [2.45, 2.75) is 25.3 Å². The number of halogens is 1. The van der Waals surface area contributed by atoms with Crippen LogP contribution in [0.3, 0.4) is 0 Å². The van der Waals surface area contributed by atoms with Crippen LogP contribution >= 0.6 is 0 Å². The molecule has 2 aliphatic rings. The fraction of sp³-hybridized carbons (Fsp3) is 0.316. The first-order valence-corrected chi connectivity index (χ1v) is 8.70. The monoisotopic (exact) mass is 370 g/mol. The van der Waals surface area contributed by atoms with Crippen LogP contribution in [-0.2, 0) is 29.6 Å². The number of hydrogen-bond acceptors (Lipinski definition) is 3. The first kappa shape index (κ1) is 17.3. The lowest BCUT2D eigenvalue weighted by Crippen LogP contribution is -2.41. The van der Waals surface area contributed by atoms with Gasteiger partial charge in [0.15, 0.2) is 0 Å². The molecule has 0 unspecified atom stereocenters. The van der Waals surface area contributed by atoms with E-state index in [1.807, 2.05) is 0 Å². The molecule has 27 heavy (non-hydrogen) atoms. The number of nitrogens with one attached hydrogen (secondary N) is 1. The highest BCUT2D eigenvalue weighted by atomic mass is 19.1. The SMILES string of the molecule is Cn1c(C(N)=O)cc2c1CN(C(=O)[C@H]1CC(=O)Nc3ccc(F)cc31)CC2. The van der Waals surface area contributed by atoms with Crippen LogP contribution in [0.4, 0.5) is 10.1 Å². The molecule has 3 heterocycles. The number of carbonyl (C=O) groups is 3. The van der Waals surface area contributed by atoms with Crippen LogP contribution in [0.25, 0.3) is 0 Å². The van der Waals surface area contributed by atoms with Crippen molar-refractivity contribution in [2.24, 2.45) is 12.8 Å². The van der Waals surface area contributed by atoms with Gasteiger partial charge in [-0.3, -0.25) is 14.4 Å². The molecule has 7 nitrogen and oxygen atoms in total. The molecule has 3 N–H and O–H groups in total. The van der Waals surface area contributed by atoms with E-state index in [0.717, 1.165) is 11.3 Å². The third-order valence-electron chi connectivity index (χ3n) is 5.35. The lowest BCUT2D eigenvalue weighted by Gasteiger charge is -2.33. The van der Waals surface area contributed by atoms with Crippen molar-refractivity contribution in [3.05, 3.63) is 52.6 Å². The zero-order chi connectivity index (χ0) is 19.3. The van der Waals surface area contributed by atoms with Gasteiger partial charge in [0.1, 0.15) is 11.5 Å². The second kappa shape index (κ2) is 6.22. The van der Waals surface area contributed by atoms with Gasteiger partial charge >= 0.3 is 0 Å². The van der Waals surface area contributed by atoms with Gasteiger partial charge in [-0.1, -0.05) is 0 Å². The van der Waals surface area contributed by atoms with Crippen LogP contribution in [0.2, 0.25) is 0 Å². The summed E-state index contributed by atoms with van der Waals surface area (Å²) in [6, 6.07) is 5.81. The van der Waals surface area contributed by atoms with Gasteiger partial charge in [-0.25, -0.2) is 4.39 Å². The quantitative estimate of drug-likeness (QED) is 0.833. The van der Waals surface area contributed by atoms with Crippen LogP contribution in [0.5, 0.6) is 0 Å². The number of fused-ring (bicyclic) bond motifs is 2. The first-order valence-electron chi connectivity index (χ1n) is 8.70. The highest BCUT2D eigenvalue weighted by Gasteiger charge is 2.35. The molecule has 0 fully saturated rings. The zero-order valence-electron chi connectivity index (χ0n) is 14.8. The molecule has 0 saturated carbocycles. The molecule has 2 aliphatic heterocycles. The minimum Gasteiger partial charge on any atom is -0.364 e. The molecule has 4 rings (SSSR count). The highest BCUT2D eigenvalue weighted by Crippen LogP contribution is 2.35. The Labute approximate surface area is 154 Å². The van der Waals surface area contributed by atoms with Crippen LogP contribution in [-0.4, -0.2) is 33.7 Å². The number of anilines is 1. The van der Waals surface area contributed by atoms with Crippen molar-refractivity contribution in [3.63, 3.8) is 0 Å². The summed E-state index contributed by atoms with van der Waals surface area (Å²) in [6.45, 7) is 0.789. The third kappa shape index (κ3) is 2.87. The van der Waals surface area contributed by atoms with E-state index in [4.69, 9.17) is 5.73 Å². The summed E-state index contributed by atoms with van der Waals surface area (Å²) in [5.41, 5.74) is 8.61. The Morgan fingerprint density at radius 3 is 2.81 bits per heavy atom. The average Bonchev–Trinajstić information content (AvgIpc) is 2.97. The van der Waals surface area contributed by atoms with E-state index < -0.39 is 17.6 Å². The number of nitrogens with zero attached hydrogens (tertiary/aromatic N) is 2. The highest BCUT2D eigenvalue weighted by molar-refractivity contribution is 6.01. The van der Waals surface area contributed by atoms with Gasteiger partial charge in [0.25, 0.3) is 5.91 Å². The third-order valence-corrected chi connectivity index (χ3v) is 5.35. The topological polar surface area (TPSA) is 97.4 Å². The van der Waals surface area contributed by atoms with Crippen molar-refractivity contribution >= 4 is 23.4 Å². The molecular formula is C19H19FN4O3. The van der Waals surface area contributed by atoms with E-state index in [2.05, 4.69) is 5.32 Å². The average molecular weight is 370 g/mol. The Morgan fingerprint density at radius 1 is 1.30 bits per heavy atom. The van der Waals surface area contributed by atoms with Gasteiger partial charge in [0.2, 0.25) is 11.8 Å². The zero-order valence-corrected chi connectivity index (χ0v) is 14.8. The molecule has 0 aliphatic carbocycles. The summed E-state index contributed by atoms with van der Waals surface area (Å²) in [6.07, 6.45) is 0.579. The summed E-state index contributed by atoms with van der Waals surface area (Å²) in [7, 11) is 1.74. The lowest BCUT2D eigenvalue weighted by atomic mass is 9.88. The fourth-order valence-electron chi connectivity index (χ4n) is 3.94. The summed E-state index contributed by atoms with van der Waals surface area (Å²) in [4.78, 5) is 38.4. The fourth-order valence-corrected chi connectivity index (χ4v) is 3.94. The van der Waals surface area contributed by atoms with E-state index >= 15 is 0 Å². The molecule has 0 bridgehead atoms. The molecule has 0 saturated heterocycles. The number of primary amides is 1. The summed E-state index contributed by atoms with van der Waals surface area (Å²) in [5.74, 6) is -2.17. The Hall–Kier alpha value is -3.16. The maximum atomic E-state index is 13.7. The predicted molar refractivity (Wildman–Crippen MR) is 95.4 cm³/mol. The largest absolute Gasteiger partial charge is 0.364 e. The number of benzene rings is 1. The first-order chi connectivity index (χ1) is 12.8. The maximum absolute atomic E-state index is 13.7. The molecule has 0 radical (unpaired) electrons. The van der Waals surface area contributed by atoms with Gasteiger partial charge in [0, 0.05) is 31.4 Å². The smallest absolute Gasteiger partial charge is 0.265 e. The number of aromatic nitrogens is 1. The van der Waals surface area contributed by atoms with Crippen molar-refractivity contribution in [1.29, 1.82) is 0 Å². The maximum Gasteiger partial charge on any atom is 0.265 e. The van der Waals surface area contributed by atoms with Crippen LogP contribution in [0, 0.1) is 5.82 Å². The normalized spacial score (nSPS) is 18.5. The van der Waals surface area contributed by atoms with Gasteiger partial charge in [-0.15, -0.1) is 0 Å². The second-order valence-corrected chi connectivity index (χ2v) is 6.97. The lowest BCUT2D eigenvalue weighted by molar-refractivity contribution is -0.135. The number of hydrogen-bond donors (Lipinski definition) is 2. The Balaban J connectivity index is 1.64. The summed E-state index contributed by atoms with van der Waals surface area (Å²) in [5, 5.41) is 2.68. The predicted octanol–water partition coefficient (Wildman–Crippen LogP) is 1.27. The molecule has 1 atom stereocenters. The number of carbonyl (C=O) groups excluding carboxylic acids is 3. The number of nitrogens with two attached hydrogens (primary N) is 1. The summed E-state index contributed by atoms with van der Waals surface area (Å²) < 4.78 is 15.4. The Kier molecular flexibility index (Phi) is 3.98. The molecule has 0 spiro atoms. The van der Waals surface area contributed by atoms with Crippen LogP contribution < -0.4 is 11.1 Å². The Morgan fingerprint density at radius 2 is 2.07 bits per heavy atom. The van der Waals surface area contributed by atoms with Gasteiger partial charge in [-0.05, 0) is 41.8 Å².